The molecule has 0 saturated carbocycles. The average Bonchev–Trinajstić information content (AvgIpc) is 2.92. The van der Waals surface area contributed by atoms with Crippen molar-refractivity contribution in [3.8, 4) is 0 Å². The van der Waals surface area contributed by atoms with Crippen molar-refractivity contribution in [3.63, 3.8) is 0 Å². The van der Waals surface area contributed by atoms with E-state index in [-0.39, 0.29) is 30.1 Å². The molecule has 0 spiro atoms. The van der Waals surface area contributed by atoms with Crippen molar-refractivity contribution >= 4 is 11.8 Å². The molecule has 3 rings (SSSR count). The summed E-state index contributed by atoms with van der Waals surface area (Å²) < 4.78 is 12.9. The summed E-state index contributed by atoms with van der Waals surface area (Å²) in [5.41, 5.74) is 1.93. The highest BCUT2D eigenvalue weighted by Crippen LogP contribution is 2.36. The molecule has 25 heavy (non-hydrogen) atoms. The third-order valence-electron chi connectivity index (χ3n) is 4.69. The summed E-state index contributed by atoms with van der Waals surface area (Å²) in [6, 6.07) is 15.6. The van der Waals surface area contributed by atoms with E-state index in [1.54, 1.807) is 24.1 Å². The Morgan fingerprint density at radius 1 is 1.16 bits per heavy atom. The van der Waals surface area contributed by atoms with Gasteiger partial charge >= 0.3 is 0 Å². The van der Waals surface area contributed by atoms with E-state index in [0.717, 1.165) is 11.1 Å². The van der Waals surface area contributed by atoms with E-state index in [1.165, 1.54) is 12.1 Å². The second kappa shape index (κ2) is 7.47. The Kier molecular flexibility index (Phi) is 5.12. The maximum atomic E-state index is 12.9. The molecule has 4 nitrogen and oxygen atoms in total. The number of hydrogen-bond acceptors (Lipinski definition) is 2. The molecule has 2 atom stereocenters. The van der Waals surface area contributed by atoms with Crippen LogP contribution >= 0.6 is 0 Å². The quantitative estimate of drug-likeness (QED) is 0.910. The van der Waals surface area contributed by atoms with E-state index >= 15 is 0 Å². The van der Waals surface area contributed by atoms with Crippen molar-refractivity contribution in [3.05, 3.63) is 71.5 Å². The standard InChI is InChI=1S/C20H21FN2O2/c1-23-18(24)13-17(19(23)15-5-3-2-4-6-15)20(25)22-12-11-14-7-9-16(21)10-8-14/h2-10,17,19H,11-13H2,1H3,(H,22,25)/t17-,19+/m0/s1. The largest absolute Gasteiger partial charge is 0.355 e. The molecule has 1 aliphatic heterocycles. The summed E-state index contributed by atoms with van der Waals surface area (Å²) in [5.74, 6) is -0.805. The second-order valence-corrected chi connectivity index (χ2v) is 6.34. The lowest BCUT2D eigenvalue weighted by atomic mass is 9.93. The van der Waals surface area contributed by atoms with Crippen LogP contribution in [0.15, 0.2) is 54.6 Å². The highest BCUT2D eigenvalue weighted by Gasteiger charge is 2.42. The molecule has 2 aromatic carbocycles. The normalized spacial score (nSPS) is 19.9. The molecule has 2 aromatic rings. The van der Waals surface area contributed by atoms with Gasteiger partial charge in [-0.05, 0) is 29.7 Å². The van der Waals surface area contributed by atoms with Gasteiger partial charge in [-0.1, -0.05) is 42.5 Å². The Morgan fingerprint density at radius 2 is 1.84 bits per heavy atom. The Morgan fingerprint density at radius 3 is 2.52 bits per heavy atom. The van der Waals surface area contributed by atoms with Crippen LogP contribution in [-0.4, -0.2) is 30.3 Å². The van der Waals surface area contributed by atoms with Crippen molar-refractivity contribution in [1.29, 1.82) is 0 Å². The average molecular weight is 340 g/mol. The van der Waals surface area contributed by atoms with Crippen molar-refractivity contribution < 1.29 is 14.0 Å². The van der Waals surface area contributed by atoms with Crippen molar-refractivity contribution in [2.24, 2.45) is 5.92 Å². The van der Waals surface area contributed by atoms with Gasteiger partial charge in [-0.2, -0.15) is 0 Å². The van der Waals surface area contributed by atoms with Crippen molar-refractivity contribution in [2.75, 3.05) is 13.6 Å². The van der Waals surface area contributed by atoms with Crippen LogP contribution in [0.4, 0.5) is 4.39 Å². The predicted octanol–water partition coefficient (Wildman–Crippen LogP) is 2.70. The van der Waals surface area contributed by atoms with E-state index in [1.807, 2.05) is 30.3 Å². The molecule has 1 saturated heterocycles. The fourth-order valence-corrected chi connectivity index (χ4v) is 3.32. The summed E-state index contributed by atoms with van der Waals surface area (Å²) in [6.45, 7) is 0.459. The molecule has 0 unspecified atom stereocenters. The van der Waals surface area contributed by atoms with Gasteiger partial charge in [-0.25, -0.2) is 4.39 Å². The summed E-state index contributed by atoms with van der Waals surface area (Å²) >= 11 is 0. The first-order valence-electron chi connectivity index (χ1n) is 8.39. The number of nitrogens with one attached hydrogen (secondary N) is 1. The third-order valence-corrected chi connectivity index (χ3v) is 4.69. The maximum Gasteiger partial charge on any atom is 0.226 e. The highest BCUT2D eigenvalue weighted by molar-refractivity contribution is 5.90. The number of nitrogens with zero attached hydrogens (tertiary/aromatic N) is 1. The summed E-state index contributed by atoms with van der Waals surface area (Å²) in [4.78, 5) is 26.4. The lowest BCUT2D eigenvalue weighted by Gasteiger charge is -2.24. The van der Waals surface area contributed by atoms with Gasteiger partial charge in [0, 0.05) is 20.0 Å². The van der Waals surface area contributed by atoms with Crippen LogP contribution in [-0.2, 0) is 16.0 Å². The van der Waals surface area contributed by atoms with Crippen molar-refractivity contribution in [1.82, 2.24) is 10.2 Å². The van der Waals surface area contributed by atoms with Crippen LogP contribution in [0.2, 0.25) is 0 Å². The zero-order chi connectivity index (χ0) is 17.8. The summed E-state index contributed by atoms with van der Waals surface area (Å²) in [5, 5.41) is 2.92. The Hall–Kier alpha value is -2.69. The minimum Gasteiger partial charge on any atom is -0.355 e. The van der Waals surface area contributed by atoms with Gasteiger partial charge < -0.3 is 10.2 Å². The fraction of sp³-hybridized carbons (Fsp3) is 0.300. The molecule has 0 aromatic heterocycles. The Bertz CT molecular complexity index is 746. The zero-order valence-electron chi connectivity index (χ0n) is 14.1. The van der Waals surface area contributed by atoms with E-state index in [2.05, 4.69) is 5.32 Å². The smallest absolute Gasteiger partial charge is 0.226 e. The molecule has 1 aliphatic rings. The zero-order valence-corrected chi connectivity index (χ0v) is 14.1. The fourth-order valence-electron chi connectivity index (χ4n) is 3.32. The first kappa shape index (κ1) is 17.1. The minimum absolute atomic E-state index is 0.0208. The Labute approximate surface area is 146 Å². The summed E-state index contributed by atoms with van der Waals surface area (Å²) in [6.07, 6.45) is 0.844. The van der Waals surface area contributed by atoms with Crippen LogP contribution in [0.3, 0.4) is 0 Å². The number of carbonyl (C=O) groups excluding carboxylic acids is 2. The first-order valence-corrected chi connectivity index (χ1v) is 8.39. The number of carbonyl (C=O) groups is 2. The molecule has 1 N–H and O–H groups in total. The number of benzene rings is 2. The van der Waals surface area contributed by atoms with Gasteiger partial charge in [-0.15, -0.1) is 0 Å². The van der Waals surface area contributed by atoms with Gasteiger partial charge in [0.2, 0.25) is 11.8 Å². The minimum atomic E-state index is -0.395. The predicted molar refractivity (Wildman–Crippen MR) is 93.2 cm³/mol. The van der Waals surface area contributed by atoms with Crippen LogP contribution < -0.4 is 5.32 Å². The molecule has 1 heterocycles. The molecule has 1 fully saturated rings. The lowest BCUT2D eigenvalue weighted by molar-refractivity contribution is -0.128. The number of rotatable bonds is 5. The molecule has 0 radical (unpaired) electrons. The molecule has 2 amide bonds. The van der Waals surface area contributed by atoms with E-state index in [9.17, 15) is 14.0 Å². The molecule has 130 valence electrons. The van der Waals surface area contributed by atoms with Gasteiger partial charge in [-0.3, -0.25) is 9.59 Å². The summed E-state index contributed by atoms with van der Waals surface area (Å²) in [7, 11) is 1.74. The van der Waals surface area contributed by atoms with Gasteiger partial charge in [0.05, 0.1) is 12.0 Å². The number of halogens is 1. The molecular weight excluding hydrogens is 319 g/mol. The number of hydrogen-bond donors (Lipinski definition) is 1. The lowest BCUT2D eigenvalue weighted by Crippen LogP contribution is -2.35. The monoisotopic (exact) mass is 340 g/mol. The highest BCUT2D eigenvalue weighted by atomic mass is 19.1. The Balaban J connectivity index is 1.63. The van der Waals surface area contributed by atoms with Crippen LogP contribution in [0.5, 0.6) is 0 Å². The van der Waals surface area contributed by atoms with Crippen LogP contribution in [0, 0.1) is 11.7 Å². The van der Waals surface area contributed by atoms with E-state index in [4.69, 9.17) is 0 Å². The maximum absolute atomic E-state index is 12.9. The van der Waals surface area contributed by atoms with Crippen molar-refractivity contribution in [2.45, 2.75) is 18.9 Å². The van der Waals surface area contributed by atoms with Gasteiger partial charge in [0.25, 0.3) is 0 Å². The molecule has 0 aliphatic carbocycles. The van der Waals surface area contributed by atoms with Gasteiger partial charge in [0.1, 0.15) is 5.82 Å². The molecule has 0 bridgehead atoms. The van der Waals surface area contributed by atoms with Crippen LogP contribution in [0.25, 0.3) is 0 Å². The number of likely N-dealkylation sites (tertiary alicyclic amines) is 1. The van der Waals surface area contributed by atoms with E-state index in [0.29, 0.717) is 13.0 Å². The topological polar surface area (TPSA) is 49.4 Å². The second-order valence-electron chi connectivity index (χ2n) is 6.34. The van der Waals surface area contributed by atoms with E-state index < -0.39 is 5.92 Å². The van der Waals surface area contributed by atoms with Gasteiger partial charge in [0.15, 0.2) is 0 Å². The first-order chi connectivity index (χ1) is 12.1. The molecular formula is C20H21FN2O2. The number of amides is 2. The SMILES string of the molecule is CN1C(=O)C[C@H](C(=O)NCCc2ccc(F)cc2)[C@H]1c1ccccc1. The third kappa shape index (κ3) is 3.87. The molecule has 5 heteroatoms. The van der Waals surface area contributed by atoms with Crippen LogP contribution in [0.1, 0.15) is 23.6 Å².